The summed E-state index contributed by atoms with van der Waals surface area (Å²) in [5.74, 6) is 1.68. The van der Waals surface area contributed by atoms with Crippen molar-refractivity contribution in [1.82, 2.24) is 4.90 Å². The Labute approximate surface area is 157 Å². The van der Waals surface area contributed by atoms with Gasteiger partial charge in [-0.25, -0.2) is 0 Å². The first-order chi connectivity index (χ1) is 12.1. The normalized spacial score (nSPS) is 17.0. The van der Waals surface area contributed by atoms with Crippen molar-refractivity contribution in [2.75, 3.05) is 14.2 Å². The lowest BCUT2D eigenvalue weighted by Crippen LogP contribution is -2.31. The lowest BCUT2D eigenvalue weighted by molar-refractivity contribution is -0.126. The summed E-state index contributed by atoms with van der Waals surface area (Å²) >= 11 is 6.89. The third-order valence-electron chi connectivity index (χ3n) is 4.08. The largest absolute Gasteiger partial charge is 0.497 e. The lowest BCUT2D eigenvalue weighted by atomic mass is 10.1. The first kappa shape index (κ1) is 17.8. The Bertz CT molecular complexity index is 759. The highest BCUT2D eigenvalue weighted by Gasteiger charge is 2.36. The number of nitrogens with zero attached hydrogens (tertiary/aromatic N) is 1. The Kier molecular flexibility index (Phi) is 5.60. The van der Waals surface area contributed by atoms with Gasteiger partial charge in [-0.15, -0.1) is 0 Å². The molecule has 2 aromatic rings. The van der Waals surface area contributed by atoms with Gasteiger partial charge in [0, 0.05) is 0 Å². The first-order valence-corrected chi connectivity index (χ1v) is 9.17. The highest BCUT2D eigenvalue weighted by atomic mass is 32.2. The molecule has 0 radical (unpaired) electrons. The van der Waals surface area contributed by atoms with Crippen molar-refractivity contribution in [3.8, 4) is 11.5 Å². The Hall–Kier alpha value is -2.05. The van der Waals surface area contributed by atoms with Gasteiger partial charge in [0.1, 0.15) is 15.8 Å². The molecule has 1 heterocycles. The van der Waals surface area contributed by atoms with Crippen molar-refractivity contribution in [2.45, 2.75) is 18.2 Å². The van der Waals surface area contributed by atoms with Crippen molar-refractivity contribution in [3.63, 3.8) is 0 Å². The Morgan fingerprint density at radius 3 is 2.00 bits per heavy atom. The Morgan fingerprint density at radius 1 is 0.960 bits per heavy atom. The van der Waals surface area contributed by atoms with Crippen molar-refractivity contribution < 1.29 is 14.3 Å². The van der Waals surface area contributed by atoms with Crippen LogP contribution in [0.2, 0.25) is 0 Å². The third kappa shape index (κ3) is 4.14. The first-order valence-electron chi connectivity index (χ1n) is 7.88. The van der Waals surface area contributed by atoms with E-state index in [2.05, 4.69) is 0 Å². The molecule has 0 aliphatic carbocycles. The van der Waals surface area contributed by atoms with Crippen LogP contribution in [0.25, 0.3) is 0 Å². The molecule has 130 valence electrons. The molecule has 4 nitrogen and oxygen atoms in total. The maximum Gasteiger partial charge on any atom is 0.242 e. The molecule has 1 saturated heterocycles. The zero-order chi connectivity index (χ0) is 17.8. The van der Waals surface area contributed by atoms with E-state index in [-0.39, 0.29) is 11.2 Å². The molecule has 6 heteroatoms. The SMILES string of the molecule is COc1ccc(C[C@@H]2SC(=S)N(Cc3ccc(OC)cc3)C2=O)cc1. The highest BCUT2D eigenvalue weighted by Crippen LogP contribution is 2.31. The van der Waals surface area contributed by atoms with E-state index in [4.69, 9.17) is 21.7 Å². The number of rotatable bonds is 6. The molecular formula is C19H19NO3S2. The summed E-state index contributed by atoms with van der Waals surface area (Å²) in [5, 5.41) is -0.167. The molecular weight excluding hydrogens is 354 g/mol. The van der Waals surface area contributed by atoms with Gasteiger partial charge >= 0.3 is 0 Å². The highest BCUT2D eigenvalue weighted by molar-refractivity contribution is 8.24. The molecule has 1 aliphatic heterocycles. The zero-order valence-corrected chi connectivity index (χ0v) is 15.7. The van der Waals surface area contributed by atoms with Crippen molar-refractivity contribution >= 4 is 34.2 Å². The maximum absolute atomic E-state index is 12.7. The predicted octanol–water partition coefficient (Wildman–Crippen LogP) is 3.68. The molecule has 0 spiro atoms. The van der Waals surface area contributed by atoms with Crippen LogP contribution >= 0.6 is 24.0 Å². The fourth-order valence-corrected chi connectivity index (χ4v) is 4.19. The minimum absolute atomic E-state index is 0.0710. The molecule has 1 atom stereocenters. The summed E-state index contributed by atoms with van der Waals surface area (Å²) in [6, 6.07) is 15.5. The second kappa shape index (κ2) is 7.89. The quantitative estimate of drug-likeness (QED) is 0.723. The number of thioether (sulfide) groups is 1. The second-order valence-corrected chi connectivity index (χ2v) is 7.53. The van der Waals surface area contributed by atoms with Crippen molar-refractivity contribution in [2.24, 2.45) is 0 Å². The molecule has 1 fully saturated rings. The van der Waals surface area contributed by atoms with Gasteiger partial charge in [-0.1, -0.05) is 48.2 Å². The van der Waals surface area contributed by atoms with Crippen LogP contribution in [0.5, 0.6) is 11.5 Å². The fraction of sp³-hybridized carbons (Fsp3) is 0.263. The lowest BCUT2D eigenvalue weighted by Gasteiger charge is -2.16. The zero-order valence-electron chi connectivity index (χ0n) is 14.1. The molecule has 25 heavy (non-hydrogen) atoms. The summed E-state index contributed by atoms with van der Waals surface area (Å²) < 4.78 is 11.0. The summed E-state index contributed by atoms with van der Waals surface area (Å²) in [7, 11) is 3.27. The van der Waals surface area contributed by atoms with Gasteiger partial charge in [-0.2, -0.15) is 0 Å². The van der Waals surface area contributed by atoms with Crippen molar-refractivity contribution in [3.05, 3.63) is 59.7 Å². The van der Waals surface area contributed by atoms with Gasteiger partial charge in [0.2, 0.25) is 5.91 Å². The van der Waals surface area contributed by atoms with E-state index < -0.39 is 0 Å². The van der Waals surface area contributed by atoms with Crippen LogP contribution in [-0.2, 0) is 17.8 Å². The number of hydrogen-bond acceptors (Lipinski definition) is 5. The summed E-state index contributed by atoms with van der Waals surface area (Å²) in [6.07, 6.45) is 0.659. The molecule has 0 bridgehead atoms. The molecule has 3 rings (SSSR count). The minimum Gasteiger partial charge on any atom is -0.497 e. The van der Waals surface area contributed by atoms with Gasteiger partial charge in [0.25, 0.3) is 0 Å². The summed E-state index contributed by atoms with van der Waals surface area (Å²) in [6.45, 7) is 0.494. The van der Waals surface area contributed by atoms with Crippen molar-refractivity contribution in [1.29, 1.82) is 0 Å². The van der Waals surface area contributed by atoms with E-state index in [9.17, 15) is 4.79 Å². The molecule has 2 aromatic carbocycles. The number of carbonyl (C=O) groups excluding carboxylic acids is 1. The maximum atomic E-state index is 12.7. The van der Waals surface area contributed by atoms with E-state index in [1.807, 2.05) is 48.5 Å². The van der Waals surface area contributed by atoms with Gasteiger partial charge in [0.15, 0.2) is 0 Å². The fourth-order valence-electron chi connectivity index (χ4n) is 2.66. The van der Waals surface area contributed by atoms with E-state index in [0.29, 0.717) is 17.3 Å². The average Bonchev–Trinajstić information content (AvgIpc) is 2.90. The van der Waals surface area contributed by atoms with Gasteiger partial charge < -0.3 is 9.47 Å². The molecule has 1 aliphatic rings. The molecule has 0 saturated carbocycles. The Balaban J connectivity index is 1.66. The van der Waals surface area contributed by atoms with Gasteiger partial charge in [-0.3, -0.25) is 9.69 Å². The molecule has 0 unspecified atom stereocenters. The predicted molar refractivity (Wildman–Crippen MR) is 104 cm³/mol. The topological polar surface area (TPSA) is 38.8 Å². The van der Waals surface area contributed by atoms with Crippen LogP contribution in [0.1, 0.15) is 11.1 Å². The standard InChI is InChI=1S/C19H19NO3S2/c1-22-15-7-3-13(4-8-15)11-17-18(21)20(19(24)25-17)12-14-5-9-16(23-2)10-6-14/h3-10,17H,11-12H2,1-2H3/t17-/m0/s1. The molecule has 0 N–H and O–H groups in total. The summed E-state index contributed by atoms with van der Waals surface area (Å²) in [4.78, 5) is 14.4. The number of methoxy groups -OCH3 is 2. The Morgan fingerprint density at radius 2 is 1.48 bits per heavy atom. The number of ether oxygens (including phenoxy) is 2. The van der Waals surface area contributed by atoms with Crippen LogP contribution in [0, 0.1) is 0 Å². The van der Waals surface area contributed by atoms with E-state index in [1.54, 1.807) is 19.1 Å². The van der Waals surface area contributed by atoms with E-state index >= 15 is 0 Å². The average molecular weight is 373 g/mol. The van der Waals surface area contributed by atoms with E-state index in [1.165, 1.54) is 11.8 Å². The number of benzene rings is 2. The number of carbonyl (C=O) groups is 1. The number of amides is 1. The third-order valence-corrected chi connectivity index (χ3v) is 5.67. The minimum atomic E-state index is -0.167. The molecule has 1 amide bonds. The van der Waals surface area contributed by atoms with Crippen LogP contribution < -0.4 is 9.47 Å². The van der Waals surface area contributed by atoms with E-state index in [0.717, 1.165) is 22.6 Å². The molecule has 0 aromatic heterocycles. The van der Waals surface area contributed by atoms with Gasteiger partial charge in [-0.05, 0) is 41.8 Å². The number of hydrogen-bond donors (Lipinski definition) is 0. The smallest absolute Gasteiger partial charge is 0.242 e. The van der Waals surface area contributed by atoms with Crippen LogP contribution in [0.3, 0.4) is 0 Å². The monoisotopic (exact) mass is 373 g/mol. The van der Waals surface area contributed by atoms with Crippen LogP contribution in [-0.4, -0.2) is 34.6 Å². The summed E-state index contributed by atoms with van der Waals surface area (Å²) in [5.41, 5.74) is 2.13. The van der Waals surface area contributed by atoms with Gasteiger partial charge in [0.05, 0.1) is 26.0 Å². The second-order valence-electron chi connectivity index (χ2n) is 5.70. The number of thiocarbonyl (C=S) groups is 1. The van der Waals surface area contributed by atoms with Crippen LogP contribution in [0.15, 0.2) is 48.5 Å². The van der Waals surface area contributed by atoms with Crippen LogP contribution in [0.4, 0.5) is 0 Å².